The molecule has 3 saturated heterocycles. The van der Waals surface area contributed by atoms with Gasteiger partial charge >= 0.3 is 35.7 Å². The second-order valence-electron chi connectivity index (χ2n) is 7.22. The van der Waals surface area contributed by atoms with Crippen molar-refractivity contribution in [3.63, 3.8) is 0 Å². The van der Waals surface area contributed by atoms with E-state index in [1.54, 1.807) is 19.1 Å². The first-order valence-electron chi connectivity index (χ1n) is 10.1. The van der Waals surface area contributed by atoms with Crippen molar-refractivity contribution in [2.24, 2.45) is 0 Å². The first kappa shape index (κ1) is 22.2. The van der Waals surface area contributed by atoms with Crippen molar-refractivity contribution in [2.45, 2.75) is 44.4 Å². The molecule has 2 spiro atoms. The molecular weight excluding hydrogens is 448 g/mol. The maximum absolute atomic E-state index is 12.6. The van der Waals surface area contributed by atoms with Crippen LogP contribution in [0, 0.1) is 0 Å². The summed E-state index contributed by atoms with van der Waals surface area (Å²) in [6.07, 6.45) is -1.06. The maximum Gasteiger partial charge on any atom is 0.442 e. The fraction of sp³-hybridized carbons (Fsp3) is 0.500. The zero-order chi connectivity index (χ0) is 22.9. The van der Waals surface area contributed by atoms with E-state index in [-0.39, 0.29) is 45.4 Å². The zero-order valence-electron chi connectivity index (χ0n) is 17.2. The Bertz CT molecular complexity index is 930. The molecule has 0 aliphatic carbocycles. The third kappa shape index (κ3) is 3.82. The Morgan fingerprint density at radius 2 is 1.53 bits per heavy atom. The summed E-state index contributed by atoms with van der Waals surface area (Å²) in [5.41, 5.74) is 0.316. The van der Waals surface area contributed by atoms with Gasteiger partial charge in [-0.1, -0.05) is 11.6 Å². The van der Waals surface area contributed by atoms with E-state index in [0.717, 1.165) is 0 Å². The molecule has 0 radical (unpaired) electrons. The SMILES string of the molecule is CCOc1cc(Cl)ccc1N1CCNC2(OC(=O)CCC(=O)O2)C12OC(=O)CCC(=O)O2. The average Bonchev–Trinajstić information content (AvgIpc) is 2.98. The molecule has 3 fully saturated rings. The Labute approximate surface area is 187 Å². The fourth-order valence-electron chi connectivity index (χ4n) is 3.76. The van der Waals surface area contributed by atoms with Crippen LogP contribution in [0.4, 0.5) is 5.69 Å². The molecule has 4 rings (SSSR count). The third-order valence-corrected chi connectivity index (χ3v) is 5.30. The van der Waals surface area contributed by atoms with Crippen LogP contribution in [0.15, 0.2) is 18.2 Å². The number of rotatable bonds is 3. The molecular formula is C20H21ClN2O9. The van der Waals surface area contributed by atoms with E-state index in [1.807, 2.05) is 0 Å². The monoisotopic (exact) mass is 468 g/mol. The minimum atomic E-state index is -2.48. The lowest BCUT2D eigenvalue weighted by atomic mass is 10.1. The highest BCUT2D eigenvalue weighted by molar-refractivity contribution is 6.30. The molecule has 1 N–H and O–H groups in total. The number of ether oxygens (including phenoxy) is 5. The summed E-state index contributed by atoms with van der Waals surface area (Å²) >= 11 is 6.12. The minimum Gasteiger partial charge on any atom is -0.492 e. The molecule has 0 bridgehead atoms. The van der Waals surface area contributed by atoms with Crippen molar-refractivity contribution in [1.29, 1.82) is 0 Å². The van der Waals surface area contributed by atoms with Crippen LogP contribution in [0.25, 0.3) is 0 Å². The van der Waals surface area contributed by atoms with Gasteiger partial charge < -0.3 is 23.7 Å². The van der Waals surface area contributed by atoms with Gasteiger partial charge in [0.15, 0.2) is 0 Å². The molecule has 3 aliphatic rings. The number of esters is 4. The summed E-state index contributed by atoms with van der Waals surface area (Å²) in [5.74, 6) is -7.86. The maximum atomic E-state index is 12.6. The molecule has 3 heterocycles. The molecule has 0 atom stereocenters. The number of carbonyl (C=O) groups is 4. The molecule has 0 saturated carbocycles. The van der Waals surface area contributed by atoms with E-state index in [1.165, 1.54) is 11.0 Å². The quantitative estimate of drug-likeness (QED) is 0.642. The highest BCUT2D eigenvalue weighted by Crippen LogP contribution is 2.45. The summed E-state index contributed by atoms with van der Waals surface area (Å²) in [7, 11) is 0. The smallest absolute Gasteiger partial charge is 0.442 e. The second kappa shape index (κ2) is 8.47. The molecule has 1 aromatic carbocycles. The van der Waals surface area contributed by atoms with Gasteiger partial charge in [-0.25, -0.2) is 5.32 Å². The summed E-state index contributed by atoms with van der Waals surface area (Å²) in [5, 5.41) is 3.15. The van der Waals surface area contributed by atoms with Crippen LogP contribution in [-0.4, -0.2) is 55.4 Å². The lowest BCUT2D eigenvalue weighted by molar-refractivity contribution is -0.377. The second-order valence-corrected chi connectivity index (χ2v) is 7.65. The highest BCUT2D eigenvalue weighted by Gasteiger charge is 2.72. The van der Waals surface area contributed by atoms with Crippen LogP contribution in [0.2, 0.25) is 5.02 Å². The van der Waals surface area contributed by atoms with Gasteiger partial charge in [0.05, 0.1) is 38.0 Å². The van der Waals surface area contributed by atoms with Gasteiger partial charge in [0.25, 0.3) is 0 Å². The van der Waals surface area contributed by atoms with E-state index < -0.39 is 35.7 Å². The fourth-order valence-corrected chi connectivity index (χ4v) is 3.92. The molecule has 32 heavy (non-hydrogen) atoms. The Balaban J connectivity index is 1.93. The largest absolute Gasteiger partial charge is 0.492 e. The van der Waals surface area contributed by atoms with Crippen LogP contribution < -0.4 is 15.0 Å². The summed E-state index contributed by atoms with van der Waals surface area (Å²) in [6, 6.07) is 4.67. The molecule has 3 aliphatic heterocycles. The molecule has 12 heteroatoms. The number of halogens is 1. The number of anilines is 1. The van der Waals surface area contributed by atoms with Crippen LogP contribution in [0.1, 0.15) is 32.6 Å². The van der Waals surface area contributed by atoms with Gasteiger partial charge in [0.1, 0.15) is 5.75 Å². The predicted octanol–water partition coefficient (Wildman–Crippen LogP) is 1.22. The minimum absolute atomic E-state index is 0.0963. The predicted molar refractivity (Wildman–Crippen MR) is 106 cm³/mol. The van der Waals surface area contributed by atoms with Crippen molar-refractivity contribution in [3.05, 3.63) is 23.2 Å². The van der Waals surface area contributed by atoms with E-state index in [2.05, 4.69) is 5.32 Å². The van der Waals surface area contributed by atoms with Crippen molar-refractivity contribution in [3.8, 4) is 5.75 Å². The van der Waals surface area contributed by atoms with Gasteiger partial charge in [-0.15, -0.1) is 0 Å². The number of piperazine rings is 1. The van der Waals surface area contributed by atoms with Gasteiger partial charge in [-0.05, 0) is 19.1 Å². The van der Waals surface area contributed by atoms with Crippen LogP contribution in [-0.2, 0) is 38.1 Å². The molecule has 11 nitrogen and oxygen atoms in total. The van der Waals surface area contributed by atoms with Crippen molar-refractivity contribution in [1.82, 2.24) is 5.32 Å². The number of carbonyl (C=O) groups excluding carboxylic acids is 4. The summed E-state index contributed by atoms with van der Waals surface area (Å²) < 4.78 is 27.9. The average molecular weight is 469 g/mol. The first-order chi connectivity index (χ1) is 15.3. The lowest BCUT2D eigenvalue weighted by Gasteiger charge is -2.52. The van der Waals surface area contributed by atoms with Crippen LogP contribution >= 0.6 is 11.6 Å². The van der Waals surface area contributed by atoms with Crippen molar-refractivity contribution < 1.29 is 42.9 Å². The Hall–Kier alpha value is -3.05. The Kier molecular flexibility index (Phi) is 5.87. The number of hydrogen-bond acceptors (Lipinski definition) is 11. The third-order valence-electron chi connectivity index (χ3n) is 5.06. The number of fused-ring (bicyclic) bond motifs is 1. The Morgan fingerprint density at radius 1 is 0.969 bits per heavy atom. The number of benzene rings is 1. The van der Waals surface area contributed by atoms with E-state index in [0.29, 0.717) is 16.5 Å². The number of hydrogen-bond donors (Lipinski definition) is 1. The topological polar surface area (TPSA) is 130 Å². The summed E-state index contributed by atoms with van der Waals surface area (Å²) in [4.78, 5) is 51.3. The van der Waals surface area contributed by atoms with Gasteiger partial charge in [-0.2, -0.15) is 0 Å². The first-order valence-corrected chi connectivity index (χ1v) is 10.5. The zero-order valence-corrected chi connectivity index (χ0v) is 17.9. The molecule has 1 aromatic rings. The van der Waals surface area contributed by atoms with Gasteiger partial charge in [0, 0.05) is 24.2 Å². The molecule has 172 valence electrons. The normalized spacial score (nSPS) is 22.4. The van der Waals surface area contributed by atoms with Gasteiger partial charge in [0.2, 0.25) is 0 Å². The standard InChI is InChI=1S/C20H21ClN2O9/c1-2-28-14-11-12(21)3-4-13(14)23-10-9-22-19(29-15(24)5-6-16(25)30-19)20(23)31-17(26)7-8-18(27)32-20/h3-4,11,22H,2,5-10H2,1H3. The molecule has 0 amide bonds. The van der Waals surface area contributed by atoms with Crippen LogP contribution in [0.3, 0.4) is 0 Å². The van der Waals surface area contributed by atoms with E-state index in [4.69, 9.17) is 35.3 Å². The molecule has 0 unspecified atom stereocenters. The van der Waals surface area contributed by atoms with Crippen molar-refractivity contribution in [2.75, 3.05) is 24.6 Å². The lowest BCUT2D eigenvalue weighted by Crippen LogP contribution is -2.80. The number of nitrogens with zero attached hydrogens (tertiary/aromatic N) is 1. The van der Waals surface area contributed by atoms with E-state index in [9.17, 15) is 19.2 Å². The summed E-state index contributed by atoms with van der Waals surface area (Å²) in [6.45, 7) is 2.24. The number of nitrogens with one attached hydrogen (secondary N) is 1. The van der Waals surface area contributed by atoms with Crippen molar-refractivity contribution >= 4 is 41.2 Å². The van der Waals surface area contributed by atoms with Gasteiger partial charge in [-0.3, -0.25) is 24.1 Å². The highest BCUT2D eigenvalue weighted by atomic mass is 35.5. The Morgan fingerprint density at radius 3 is 2.09 bits per heavy atom. The van der Waals surface area contributed by atoms with E-state index >= 15 is 0 Å². The van der Waals surface area contributed by atoms with Crippen LogP contribution in [0.5, 0.6) is 5.75 Å². The molecule has 0 aromatic heterocycles.